The van der Waals surface area contributed by atoms with Crippen molar-refractivity contribution in [1.82, 2.24) is 10.2 Å². The number of nitrogens with one attached hydrogen (secondary N) is 1. The van der Waals surface area contributed by atoms with Crippen LogP contribution in [0.1, 0.15) is 36.8 Å². The Morgan fingerprint density at radius 1 is 0.848 bits per heavy atom. The molecular formula is C35H34ClF2N3O4S. The molecule has 0 heterocycles. The molecule has 7 nitrogen and oxygen atoms in total. The minimum Gasteiger partial charge on any atom is -0.352 e. The highest BCUT2D eigenvalue weighted by Crippen LogP contribution is 2.29. The first-order valence-corrected chi connectivity index (χ1v) is 16.9. The molecule has 0 aliphatic heterocycles. The second kappa shape index (κ2) is 14.9. The van der Waals surface area contributed by atoms with Gasteiger partial charge in [0.15, 0.2) is 0 Å². The maximum absolute atomic E-state index is 15.1. The van der Waals surface area contributed by atoms with E-state index in [4.69, 9.17) is 11.6 Å². The van der Waals surface area contributed by atoms with Crippen LogP contribution in [0.3, 0.4) is 0 Å². The van der Waals surface area contributed by atoms with E-state index >= 15 is 4.39 Å². The number of nitrogens with zero attached hydrogens (tertiary/aromatic N) is 2. The molecular weight excluding hydrogens is 632 g/mol. The van der Waals surface area contributed by atoms with Crippen molar-refractivity contribution in [1.29, 1.82) is 0 Å². The van der Waals surface area contributed by atoms with Crippen LogP contribution in [0.25, 0.3) is 0 Å². The summed E-state index contributed by atoms with van der Waals surface area (Å²) in [5.41, 5.74) is 0.869. The van der Waals surface area contributed by atoms with E-state index in [1.807, 2.05) is 30.3 Å². The molecule has 1 N–H and O–H groups in total. The molecule has 0 aromatic heterocycles. The first kappa shape index (κ1) is 33.1. The maximum Gasteiger partial charge on any atom is 0.264 e. The Hall–Kier alpha value is -4.28. The summed E-state index contributed by atoms with van der Waals surface area (Å²) in [6.07, 6.45) is 3.66. The molecule has 0 saturated heterocycles. The van der Waals surface area contributed by atoms with Gasteiger partial charge in [-0.2, -0.15) is 0 Å². The van der Waals surface area contributed by atoms with Crippen LogP contribution in [0.2, 0.25) is 5.02 Å². The predicted molar refractivity (Wildman–Crippen MR) is 174 cm³/mol. The Labute approximate surface area is 272 Å². The van der Waals surface area contributed by atoms with E-state index in [1.54, 1.807) is 12.1 Å². The second-order valence-electron chi connectivity index (χ2n) is 11.2. The summed E-state index contributed by atoms with van der Waals surface area (Å²) in [7, 11) is -4.39. The Morgan fingerprint density at radius 3 is 2.13 bits per heavy atom. The third-order valence-corrected chi connectivity index (χ3v) is 10.2. The van der Waals surface area contributed by atoms with Gasteiger partial charge in [0, 0.05) is 24.6 Å². The van der Waals surface area contributed by atoms with E-state index in [-0.39, 0.29) is 40.2 Å². The number of carbonyl (C=O) groups excluding carboxylic acids is 2. The third kappa shape index (κ3) is 7.92. The topological polar surface area (TPSA) is 86.8 Å². The molecule has 0 spiro atoms. The average Bonchev–Trinajstić information content (AvgIpc) is 3.57. The predicted octanol–water partition coefficient (Wildman–Crippen LogP) is 6.51. The normalized spacial score (nSPS) is 14.1. The molecule has 240 valence electrons. The van der Waals surface area contributed by atoms with Crippen LogP contribution < -0.4 is 9.62 Å². The van der Waals surface area contributed by atoms with Crippen molar-refractivity contribution in [2.75, 3.05) is 10.8 Å². The zero-order valence-electron chi connectivity index (χ0n) is 25.0. The van der Waals surface area contributed by atoms with Gasteiger partial charge in [-0.3, -0.25) is 13.9 Å². The highest BCUT2D eigenvalue weighted by Gasteiger charge is 2.36. The van der Waals surface area contributed by atoms with Crippen LogP contribution in [-0.4, -0.2) is 43.8 Å². The standard InChI is InChI=1S/C35H34ClF2N3O4S/c36-30-22-28(19-20-32(30)38)41(46(44,45)29-16-5-2-6-17-29)24-34(42)40(23-26-13-7-10-18-31(26)37)33(21-25-11-3-1-4-12-25)35(43)39-27-14-8-9-15-27/h1-7,10-13,16-20,22,27,33H,8-9,14-15,21,23-24H2,(H,39,43)/t33-/m1/s1. The van der Waals surface area contributed by atoms with Crippen molar-refractivity contribution in [3.63, 3.8) is 0 Å². The second-order valence-corrected chi connectivity index (χ2v) is 13.5. The van der Waals surface area contributed by atoms with Crippen LogP contribution in [-0.2, 0) is 32.6 Å². The largest absolute Gasteiger partial charge is 0.352 e. The van der Waals surface area contributed by atoms with Crippen LogP contribution >= 0.6 is 11.6 Å². The van der Waals surface area contributed by atoms with Crippen LogP contribution in [0, 0.1) is 11.6 Å². The van der Waals surface area contributed by atoms with Gasteiger partial charge in [-0.25, -0.2) is 17.2 Å². The lowest BCUT2D eigenvalue weighted by Gasteiger charge is -2.34. The van der Waals surface area contributed by atoms with Crippen molar-refractivity contribution in [2.45, 2.75) is 55.6 Å². The molecule has 46 heavy (non-hydrogen) atoms. The van der Waals surface area contributed by atoms with E-state index in [9.17, 15) is 22.4 Å². The van der Waals surface area contributed by atoms with Gasteiger partial charge in [0.1, 0.15) is 24.2 Å². The number of anilines is 1. The molecule has 2 amide bonds. The summed E-state index contributed by atoms with van der Waals surface area (Å²) in [5, 5.41) is 2.74. The lowest BCUT2D eigenvalue weighted by Crippen LogP contribution is -2.54. The van der Waals surface area contributed by atoms with Gasteiger partial charge in [0.05, 0.1) is 15.6 Å². The van der Waals surface area contributed by atoms with Crippen LogP contribution in [0.4, 0.5) is 14.5 Å². The number of hydrogen-bond acceptors (Lipinski definition) is 4. The number of carbonyl (C=O) groups is 2. The molecule has 1 fully saturated rings. The highest BCUT2D eigenvalue weighted by atomic mass is 35.5. The minimum atomic E-state index is -4.39. The molecule has 11 heteroatoms. The van der Waals surface area contributed by atoms with Crippen LogP contribution in [0.15, 0.2) is 108 Å². The molecule has 1 saturated carbocycles. The number of sulfonamides is 1. The molecule has 1 aliphatic carbocycles. The minimum absolute atomic E-state index is 0.0514. The quantitative estimate of drug-likeness (QED) is 0.187. The first-order chi connectivity index (χ1) is 22.1. The Kier molecular flexibility index (Phi) is 10.7. The zero-order chi connectivity index (χ0) is 32.7. The molecule has 4 aromatic rings. The van der Waals surface area contributed by atoms with Crippen LogP contribution in [0.5, 0.6) is 0 Å². The molecule has 1 atom stereocenters. The SMILES string of the molecule is O=C(NC1CCCC1)[C@@H](Cc1ccccc1)N(Cc1ccccc1F)C(=O)CN(c1ccc(F)c(Cl)c1)S(=O)(=O)c1ccccc1. The fourth-order valence-electron chi connectivity index (χ4n) is 5.62. The van der Waals surface area contributed by atoms with Crippen molar-refractivity contribution in [2.24, 2.45) is 0 Å². The number of benzene rings is 4. The van der Waals surface area contributed by atoms with E-state index in [0.29, 0.717) is 0 Å². The van der Waals surface area contributed by atoms with Gasteiger partial charge in [-0.15, -0.1) is 0 Å². The Balaban J connectivity index is 1.58. The highest BCUT2D eigenvalue weighted by molar-refractivity contribution is 7.92. The number of amides is 2. The third-order valence-electron chi connectivity index (χ3n) is 8.07. The summed E-state index contributed by atoms with van der Waals surface area (Å²) in [6, 6.07) is 24.7. The summed E-state index contributed by atoms with van der Waals surface area (Å²) in [6.45, 7) is -1.07. The van der Waals surface area contributed by atoms with Crippen molar-refractivity contribution < 1.29 is 26.8 Å². The molecule has 0 radical (unpaired) electrons. The van der Waals surface area contributed by atoms with E-state index in [2.05, 4.69) is 5.32 Å². The Morgan fingerprint density at radius 2 is 1.48 bits per heavy atom. The van der Waals surface area contributed by atoms with Crippen molar-refractivity contribution in [3.05, 3.63) is 131 Å². The van der Waals surface area contributed by atoms with Crippen molar-refractivity contribution >= 4 is 39.1 Å². The molecule has 1 aliphatic rings. The maximum atomic E-state index is 15.1. The average molecular weight is 666 g/mol. The lowest BCUT2D eigenvalue weighted by molar-refractivity contribution is -0.140. The molecule has 0 bridgehead atoms. The van der Waals surface area contributed by atoms with Gasteiger partial charge < -0.3 is 10.2 Å². The van der Waals surface area contributed by atoms with Gasteiger partial charge in [-0.1, -0.05) is 91.2 Å². The van der Waals surface area contributed by atoms with Gasteiger partial charge in [-0.05, 0) is 54.8 Å². The first-order valence-electron chi connectivity index (χ1n) is 15.0. The van der Waals surface area contributed by atoms with Crippen molar-refractivity contribution in [3.8, 4) is 0 Å². The molecule has 4 aromatic carbocycles. The zero-order valence-corrected chi connectivity index (χ0v) is 26.6. The summed E-state index contributed by atoms with van der Waals surface area (Å²) in [5.74, 6) is -2.51. The summed E-state index contributed by atoms with van der Waals surface area (Å²) < 4.78 is 58.1. The Bertz CT molecular complexity index is 1770. The molecule has 5 rings (SSSR count). The summed E-state index contributed by atoms with van der Waals surface area (Å²) >= 11 is 6.05. The molecule has 0 unspecified atom stereocenters. The smallest absolute Gasteiger partial charge is 0.264 e. The van der Waals surface area contributed by atoms with E-state index < -0.39 is 46.1 Å². The van der Waals surface area contributed by atoms with Gasteiger partial charge >= 0.3 is 0 Å². The van der Waals surface area contributed by atoms with E-state index in [1.165, 1.54) is 53.4 Å². The van der Waals surface area contributed by atoms with Gasteiger partial charge in [0.2, 0.25) is 11.8 Å². The fraction of sp³-hybridized carbons (Fsp3) is 0.257. The van der Waals surface area contributed by atoms with E-state index in [0.717, 1.165) is 47.7 Å². The van der Waals surface area contributed by atoms with Gasteiger partial charge in [0.25, 0.3) is 10.0 Å². The fourth-order valence-corrected chi connectivity index (χ4v) is 7.22. The summed E-state index contributed by atoms with van der Waals surface area (Å²) in [4.78, 5) is 29.6. The number of hydrogen-bond donors (Lipinski definition) is 1. The number of rotatable bonds is 12. The lowest BCUT2D eigenvalue weighted by atomic mass is 10.0. The monoisotopic (exact) mass is 665 g/mol. The number of halogens is 3.